The standard InChI is InChI=1S/C32H38BrN3O5S/c1-4-41-29-16-18-30(19-17-29)42(39,40)36(28-14-12-23(2)13-15-28)22-31(37)35(21-25-8-7-9-26(33)20-25)24(3)32(38)34-27-10-5-6-11-27/h7-9,12-20,24,27H,4-6,10-11,21-22H2,1-3H3,(H,34,38)/t24-/m0/s1. The number of benzene rings is 3. The number of carbonyl (C=O) groups is 2. The van der Waals surface area contributed by atoms with Crippen molar-refractivity contribution in [2.45, 2.75) is 70.0 Å². The maximum atomic E-state index is 14.1. The predicted molar refractivity (Wildman–Crippen MR) is 168 cm³/mol. The first-order valence-electron chi connectivity index (χ1n) is 14.2. The van der Waals surface area contributed by atoms with Crippen LogP contribution in [0, 0.1) is 6.92 Å². The van der Waals surface area contributed by atoms with Crippen molar-refractivity contribution in [3.05, 3.63) is 88.4 Å². The van der Waals surface area contributed by atoms with Crippen molar-refractivity contribution in [3.63, 3.8) is 0 Å². The summed E-state index contributed by atoms with van der Waals surface area (Å²) >= 11 is 3.48. The highest BCUT2D eigenvalue weighted by atomic mass is 79.9. The van der Waals surface area contributed by atoms with E-state index >= 15 is 0 Å². The molecule has 8 nitrogen and oxygen atoms in total. The summed E-state index contributed by atoms with van der Waals surface area (Å²) in [5, 5.41) is 3.09. The van der Waals surface area contributed by atoms with Crippen LogP contribution in [-0.4, -0.2) is 50.4 Å². The lowest BCUT2D eigenvalue weighted by Crippen LogP contribution is -2.52. The van der Waals surface area contributed by atoms with Crippen LogP contribution in [0.15, 0.2) is 82.2 Å². The summed E-state index contributed by atoms with van der Waals surface area (Å²) in [5.74, 6) is -0.183. The molecule has 1 aliphatic rings. The Morgan fingerprint density at radius 3 is 2.31 bits per heavy atom. The second kappa shape index (κ2) is 14.2. The van der Waals surface area contributed by atoms with Gasteiger partial charge < -0.3 is 15.0 Å². The van der Waals surface area contributed by atoms with Gasteiger partial charge in [-0.1, -0.05) is 58.6 Å². The Bertz CT molecular complexity index is 1470. The van der Waals surface area contributed by atoms with Crippen LogP contribution in [0.2, 0.25) is 0 Å². The number of nitrogens with one attached hydrogen (secondary N) is 1. The highest BCUT2D eigenvalue weighted by Crippen LogP contribution is 2.27. The average Bonchev–Trinajstić information content (AvgIpc) is 3.48. The van der Waals surface area contributed by atoms with E-state index in [0.29, 0.717) is 18.0 Å². The van der Waals surface area contributed by atoms with Gasteiger partial charge in [0.15, 0.2) is 0 Å². The molecule has 0 bridgehead atoms. The first-order chi connectivity index (χ1) is 20.1. The number of hydrogen-bond donors (Lipinski definition) is 1. The van der Waals surface area contributed by atoms with Crippen molar-refractivity contribution in [2.75, 3.05) is 17.5 Å². The summed E-state index contributed by atoms with van der Waals surface area (Å²) in [7, 11) is -4.15. The lowest BCUT2D eigenvalue weighted by Gasteiger charge is -2.32. The second-order valence-corrected chi connectivity index (χ2v) is 13.3. The Hall–Kier alpha value is -3.37. The van der Waals surface area contributed by atoms with Gasteiger partial charge in [-0.2, -0.15) is 0 Å². The molecule has 0 radical (unpaired) electrons. The van der Waals surface area contributed by atoms with E-state index in [-0.39, 0.29) is 23.4 Å². The smallest absolute Gasteiger partial charge is 0.264 e. The van der Waals surface area contributed by atoms with Gasteiger partial charge in [0.1, 0.15) is 18.3 Å². The molecular formula is C32H38BrN3O5S. The molecule has 4 rings (SSSR count). The average molecular weight is 657 g/mol. The highest BCUT2D eigenvalue weighted by molar-refractivity contribution is 9.10. The fraction of sp³-hybridized carbons (Fsp3) is 0.375. The molecule has 0 aliphatic heterocycles. The zero-order chi connectivity index (χ0) is 30.3. The number of amides is 2. The largest absolute Gasteiger partial charge is 0.494 e. The van der Waals surface area contributed by atoms with E-state index in [1.54, 1.807) is 43.3 Å². The fourth-order valence-electron chi connectivity index (χ4n) is 5.05. The van der Waals surface area contributed by atoms with Crippen molar-refractivity contribution < 1.29 is 22.7 Å². The Balaban J connectivity index is 1.67. The van der Waals surface area contributed by atoms with Crippen LogP contribution in [0.1, 0.15) is 50.7 Å². The minimum Gasteiger partial charge on any atom is -0.494 e. The van der Waals surface area contributed by atoms with Crippen molar-refractivity contribution in [1.29, 1.82) is 0 Å². The predicted octanol–water partition coefficient (Wildman–Crippen LogP) is 5.83. The molecule has 3 aromatic carbocycles. The molecule has 1 fully saturated rings. The number of hydrogen-bond acceptors (Lipinski definition) is 5. The molecule has 1 saturated carbocycles. The number of sulfonamides is 1. The lowest BCUT2D eigenvalue weighted by atomic mass is 10.1. The molecule has 224 valence electrons. The second-order valence-electron chi connectivity index (χ2n) is 10.6. The van der Waals surface area contributed by atoms with Crippen LogP contribution < -0.4 is 14.4 Å². The lowest BCUT2D eigenvalue weighted by molar-refractivity contribution is -0.139. The number of ether oxygens (including phenoxy) is 1. The van der Waals surface area contributed by atoms with Crippen LogP contribution >= 0.6 is 15.9 Å². The van der Waals surface area contributed by atoms with Crippen molar-refractivity contribution in [2.24, 2.45) is 0 Å². The maximum Gasteiger partial charge on any atom is 0.264 e. The van der Waals surface area contributed by atoms with E-state index in [9.17, 15) is 18.0 Å². The molecule has 0 heterocycles. The van der Waals surface area contributed by atoms with Gasteiger partial charge in [-0.25, -0.2) is 8.42 Å². The summed E-state index contributed by atoms with van der Waals surface area (Å²) in [5.41, 5.74) is 2.12. The molecule has 1 aliphatic carbocycles. The Labute approximate surface area is 257 Å². The molecule has 0 saturated heterocycles. The van der Waals surface area contributed by atoms with E-state index in [4.69, 9.17) is 4.74 Å². The van der Waals surface area contributed by atoms with Crippen LogP contribution in [0.3, 0.4) is 0 Å². The van der Waals surface area contributed by atoms with Crippen molar-refractivity contribution >= 4 is 43.5 Å². The van der Waals surface area contributed by atoms with Gasteiger partial charge in [0.2, 0.25) is 11.8 Å². The van der Waals surface area contributed by atoms with Gasteiger partial charge in [0.25, 0.3) is 10.0 Å². The van der Waals surface area contributed by atoms with E-state index in [2.05, 4.69) is 21.2 Å². The Kier molecular flexibility index (Phi) is 10.7. The number of nitrogens with zero attached hydrogens (tertiary/aromatic N) is 2. The van der Waals surface area contributed by atoms with Crippen molar-refractivity contribution in [1.82, 2.24) is 10.2 Å². The molecule has 1 N–H and O–H groups in total. The first kappa shape index (κ1) is 31.6. The molecule has 1 atom stereocenters. The van der Waals surface area contributed by atoms with E-state index in [0.717, 1.165) is 45.6 Å². The number of carbonyl (C=O) groups excluding carboxylic acids is 2. The van der Waals surface area contributed by atoms with Crippen LogP contribution in [-0.2, 0) is 26.2 Å². The summed E-state index contributed by atoms with van der Waals surface area (Å²) in [6.07, 6.45) is 3.96. The number of aryl methyl sites for hydroxylation is 1. The monoisotopic (exact) mass is 655 g/mol. The summed E-state index contributed by atoms with van der Waals surface area (Å²) < 4.78 is 35.5. The Morgan fingerprint density at radius 2 is 1.69 bits per heavy atom. The summed E-state index contributed by atoms with van der Waals surface area (Å²) in [4.78, 5) is 28.9. The molecule has 0 spiro atoms. The van der Waals surface area contributed by atoms with Crippen LogP contribution in [0.25, 0.3) is 0 Å². The molecule has 0 aromatic heterocycles. The number of rotatable bonds is 12. The zero-order valence-electron chi connectivity index (χ0n) is 24.3. The van der Waals surface area contributed by atoms with Crippen molar-refractivity contribution in [3.8, 4) is 5.75 Å². The quantitative estimate of drug-likeness (QED) is 0.265. The number of anilines is 1. The van der Waals surface area contributed by atoms with Gasteiger partial charge >= 0.3 is 0 Å². The fourth-order valence-corrected chi connectivity index (χ4v) is 6.91. The van der Waals surface area contributed by atoms with Gasteiger partial charge in [-0.15, -0.1) is 0 Å². The first-order valence-corrected chi connectivity index (χ1v) is 16.5. The zero-order valence-corrected chi connectivity index (χ0v) is 26.7. The summed E-state index contributed by atoms with van der Waals surface area (Å²) in [6.45, 7) is 5.57. The van der Waals surface area contributed by atoms with Crippen LogP contribution in [0.4, 0.5) is 5.69 Å². The van der Waals surface area contributed by atoms with E-state index in [1.807, 2.05) is 38.1 Å². The third-order valence-corrected chi connectivity index (χ3v) is 9.72. The maximum absolute atomic E-state index is 14.1. The van der Waals surface area contributed by atoms with E-state index in [1.165, 1.54) is 17.0 Å². The Morgan fingerprint density at radius 1 is 1.02 bits per heavy atom. The van der Waals surface area contributed by atoms with Gasteiger partial charge in [-0.3, -0.25) is 13.9 Å². The van der Waals surface area contributed by atoms with Gasteiger partial charge in [-0.05, 0) is 87.7 Å². The van der Waals surface area contributed by atoms with Gasteiger partial charge in [0.05, 0.1) is 17.2 Å². The minimum atomic E-state index is -4.15. The molecule has 2 amide bonds. The summed E-state index contributed by atoms with van der Waals surface area (Å²) in [6, 6.07) is 19.9. The third-order valence-electron chi connectivity index (χ3n) is 7.43. The van der Waals surface area contributed by atoms with Crippen LogP contribution in [0.5, 0.6) is 5.75 Å². The third kappa shape index (κ3) is 7.92. The van der Waals surface area contributed by atoms with Gasteiger partial charge in [0, 0.05) is 17.1 Å². The van der Waals surface area contributed by atoms with E-state index < -0.39 is 28.5 Å². The molecule has 3 aromatic rings. The molecule has 0 unspecified atom stereocenters. The normalized spacial score (nSPS) is 14.3. The molecule has 42 heavy (non-hydrogen) atoms. The number of halogens is 1. The SMILES string of the molecule is CCOc1ccc(S(=O)(=O)N(CC(=O)N(Cc2cccc(Br)c2)[C@@H](C)C(=O)NC2CCCC2)c2ccc(C)cc2)cc1. The highest BCUT2D eigenvalue weighted by Gasteiger charge is 2.33. The minimum absolute atomic E-state index is 0.0323. The molecular weight excluding hydrogens is 618 g/mol. The molecule has 10 heteroatoms. The topological polar surface area (TPSA) is 96.0 Å².